The fourth-order valence-electron chi connectivity index (χ4n) is 7.58. The van der Waals surface area contributed by atoms with E-state index < -0.39 is 5.60 Å². The second kappa shape index (κ2) is 5.81. The molecular formula is C21H34O3. The van der Waals surface area contributed by atoms with Crippen LogP contribution in [0.2, 0.25) is 0 Å². The van der Waals surface area contributed by atoms with E-state index in [0.717, 1.165) is 42.9 Å². The molecular weight excluding hydrogens is 300 g/mol. The number of aliphatic hydroxyl groups is 1. The normalized spacial score (nSPS) is 53.3. The van der Waals surface area contributed by atoms with Gasteiger partial charge in [-0.3, -0.25) is 4.79 Å². The second-order valence-electron chi connectivity index (χ2n) is 9.78. The number of fused-ring (bicyclic) bond motifs is 5. The lowest BCUT2D eigenvalue weighted by Gasteiger charge is -2.65. The molecule has 1 N–H and O–H groups in total. The third-order valence-electron chi connectivity index (χ3n) is 8.73. The molecule has 4 fully saturated rings. The maximum absolute atomic E-state index is 12.0. The zero-order valence-corrected chi connectivity index (χ0v) is 15.6. The van der Waals surface area contributed by atoms with Crippen molar-refractivity contribution >= 4 is 5.78 Å². The van der Waals surface area contributed by atoms with Gasteiger partial charge < -0.3 is 9.84 Å². The van der Waals surface area contributed by atoms with Crippen molar-refractivity contribution in [3.05, 3.63) is 0 Å². The molecule has 0 aromatic rings. The average molecular weight is 335 g/mol. The van der Waals surface area contributed by atoms with Gasteiger partial charge in [0.2, 0.25) is 0 Å². The molecule has 0 amide bonds. The van der Waals surface area contributed by atoms with Crippen molar-refractivity contribution < 1.29 is 14.6 Å². The first kappa shape index (κ1) is 17.0. The standard InChI is InChI=1S/C21H34O3/c1-13(22)18-10-19-17-5-4-14-11-21(23,12-24-3)9-7-15(14)16(17)6-8-20(18,19)2/h14-19,23H,4-12H2,1-3H3/t14-,15+,16-,17-,18-,19+,20-,21-/m1/s1. The van der Waals surface area contributed by atoms with Crippen molar-refractivity contribution in [2.75, 3.05) is 13.7 Å². The van der Waals surface area contributed by atoms with Crippen LogP contribution in [-0.4, -0.2) is 30.2 Å². The molecule has 3 nitrogen and oxygen atoms in total. The summed E-state index contributed by atoms with van der Waals surface area (Å²) < 4.78 is 5.28. The third-order valence-corrected chi connectivity index (χ3v) is 8.73. The van der Waals surface area contributed by atoms with Crippen LogP contribution < -0.4 is 0 Å². The SMILES string of the molecule is COC[C@@]1(O)CC[C@H]2[C@H](CC[C@@H]3[C@@H]2CC[C@]2(C)[C@@H](C(C)=O)C[C@@H]32)C1. The first-order valence-corrected chi connectivity index (χ1v) is 10.1. The Morgan fingerprint density at radius 2 is 1.88 bits per heavy atom. The highest BCUT2D eigenvalue weighted by molar-refractivity contribution is 5.80. The Morgan fingerprint density at radius 1 is 1.12 bits per heavy atom. The van der Waals surface area contributed by atoms with Crippen LogP contribution in [0.4, 0.5) is 0 Å². The summed E-state index contributed by atoms with van der Waals surface area (Å²) in [4.78, 5) is 12.0. The molecule has 4 aliphatic rings. The van der Waals surface area contributed by atoms with Crippen LogP contribution in [-0.2, 0) is 9.53 Å². The van der Waals surface area contributed by atoms with Gasteiger partial charge in [0, 0.05) is 13.0 Å². The van der Waals surface area contributed by atoms with Crippen molar-refractivity contribution in [1.29, 1.82) is 0 Å². The van der Waals surface area contributed by atoms with Crippen molar-refractivity contribution in [3.8, 4) is 0 Å². The molecule has 0 unspecified atom stereocenters. The lowest BCUT2D eigenvalue weighted by atomic mass is 9.40. The van der Waals surface area contributed by atoms with Gasteiger partial charge in [-0.25, -0.2) is 0 Å². The van der Waals surface area contributed by atoms with Gasteiger partial charge >= 0.3 is 0 Å². The predicted octanol–water partition coefficient (Wildman–Crippen LogP) is 3.83. The Balaban J connectivity index is 1.47. The minimum absolute atomic E-state index is 0.297. The van der Waals surface area contributed by atoms with Gasteiger partial charge in [0.15, 0.2) is 0 Å². The Hall–Kier alpha value is -0.410. The van der Waals surface area contributed by atoms with Crippen LogP contribution in [0.15, 0.2) is 0 Å². The third kappa shape index (κ3) is 2.41. The van der Waals surface area contributed by atoms with E-state index in [0.29, 0.717) is 29.6 Å². The molecule has 0 radical (unpaired) electrons. The van der Waals surface area contributed by atoms with E-state index in [-0.39, 0.29) is 0 Å². The van der Waals surface area contributed by atoms with Crippen LogP contribution in [0, 0.1) is 40.9 Å². The number of methoxy groups -OCH3 is 1. The Bertz CT molecular complexity index is 517. The minimum atomic E-state index is -0.581. The summed E-state index contributed by atoms with van der Waals surface area (Å²) in [5.74, 6) is 4.72. The number of ether oxygens (including phenoxy) is 1. The number of ketones is 1. The number of Topliss-reactive ketones (excluding diaryl/α,β-unsaturated/α-hetero) is 1. The monoisotopic (exact) mass is 334 g/mol. The van der Waals surface area contributed by atoms with E-state index in [1.807, 2.05) is 0 Å². The molecule has 0 aromatic carbocycles. The molecule has 0 spiro atoms. The molecule has 4 rings (SSSR count). The molecule has 0 saturated heterocycles. The fourth-order valence-corrected chi connectivity index (χ4v) is 7.58. The van der Waals surface area contributed by atoms with Crippen molar-refractivity contribution in [1.82, 2.24) is 0 Å². The highest BCUT2D eigenvalue weighted by Gasteiger charge is 2.61. The maximum Gasteiger partial charge on any atom is 0.133 e. The second-order valence-corrected chi connectivity index (χ2v) is 9.78. The summed E-state index contributed by atoms with van der Waals surface area (Å²) in [6, 6.07) is 0. The molecule has 24 heavy (non-hydrogen) atoms. The molecule has 3 heteroatoms. The number of hydrogen-bond acceptors (Lipinski definition) is 3. The van der Waals surface area contributed by atoms with E-state index in [9.17, 15) is 9.90 Å². The van der Waals surface area contributed by atoms with Crippen LogP contribution in [0.1, 0.15) is 65.2 Å². The summed E-state index contributed by atoms with van der Waals surface area (Å²) in [5.41, 5.74) is -0.284. The lowest BCUT2D eigenvalue weighted by Crippen LogP contribution is -2.60. The smallest absolute Gasteiger partial charge is 0.133 e. The predicted molar refractivity (Wildman–Crippen MR) is 93.5 cm³/mol. The van der Waals surface area contributed by atoms with Crippen molar-refractivity contribution in [2.24, 2.45) is 40.9 Å². The Kier molecular flexibility index (Phi) is 4.12. The molecule has 0 heterocycles. The molecule has 4 aliphatic carbocycles. The van der Waals surface area contributed by atoms with Gasteiger partial charge in [-0.1, -0.05) is 6.92 Å². The molecule has 136 valence electrons. The van der Waals surface area contributed by atoms with Crippen LogP contribution in [0.3, 0.4) is 0 Å². The number of carbonyl (C=O) groups is 1. The number of hydrogen-bond donors (Lipinski definition) is 1. The maximum atomic E-state index is 12.0. The average Bonchev–Trinajstić information content (AvgIpc) is 2.50. The highest BCUT2D eigenvalue weighted by atomic mass is 16.5. The molecule has 4 saturated carbocycles. The van der Waals surface area contributed by atoms with Crippen molar-refractivity contribution in [3.63, 3.8) is 0 Å². The van der Waals surface area contributed by atoms with E-state index in [1.165, 1.54) is 32.1 Å². The molecule has 0 bridgehead atoms. The van der Waals surface area contributed by atoms with E-state index in [2.05, 4.69) is 6.92 Å². The quantitative estimate of drug-likeness (QED) is 0.853. The zero-order chi connectivity index (χ0) is 17.1. The molecule has 0 aromatic heterocycles. The summed E-state index contributed by atoms with van der Waals surface area (Å²) in [6.45, 7) is 4.69. The largest absolute Gasteiger partial charge is 0.387 e. The van der Waals surface area contributed by atoms with Crippen LogP contribution >= 0.6 is 0 Å². The van der Waals surface area contributed by atoms with E-state index >= 15 is 0 Å². The topological polar surface area (TPSA) is 46.5 Å². The van der Waals surface area contributed by atoms with E-state index in [1.54, 1.807) is 14.0 Å². The first-order valence-electron chi connectivity index (χ1n) is 10.1. The molecule has 8 atom stereocenters. The minimum Gasteiger partial charge on any atom is -0.387 e. The first-order chi connectivity index (χ1) is 11.4. The Labute approximate surface area is 146 Å². The summed E-state index contributed by atoms with van der Waals surface area (Å²) >= 11 is 0. The van der Waals surface area contributed by atoms with Crippen LogP contribution in [0.25, 0.3) is 0 Å². The van der Waals surface area contributed by atoms with Crippen LogP contribution in [0.5, 0.6) is 0 Å². The van der Waals surface area contributed by atoms with Crippen molar-refractivity contribution in [2.45, 2.75) is 70.8 Å². The lowest BCUT2D eigenvalue weighted by molar-refractivity contribution is -0.178. The highest BCUT2D eigenvalue weighted by Crippen LogP contribution is 2.67. The number of carbonyl (C=O) groups excluding carboxylic acids is 1. The number of rotatable bonds is 3. The Morgan fingerprint density at radius 3 is 2.58 bits per heavy atom. The summed E-state index contributed by atoms with van der Waals surface area (Å²) in [6.07, 6.45) is 9.31. The molecule has 0 aliphatic heterocycles. The van der Waals surface area contributed by atoms with Gasteiger partial charge in [0.05, 0.1) is 12.2 Å². The van der Waals surface area contributed by atoms with Gasteiger partial charge in [-0.2, -0.15) is 0 Å². The van der Waals surface area contributed by atoms with Gasteiger partial charge in [0.25, 0.3) is 0 Å². The van der Waals surface area contributed by atoms with Gasteiger partial charge in [-0.15, -0.1) is 0 Å². The van der Waals surface area contributed by atoms with Gasteiger partial charge in [-0.05, 0) is 93.3 Å². The summed E-state index contributed by atoms with van der Waals surface area (Å²) in [7, 11) is 1.70. The zero-order valence-electron chi connectivity index (χ0n) is 15.6. The fraction of sp³-hybridized carbons (Fsp3) is 0.952. The van der Waals surface area contributed by atoms with Gasteiger partial charge in [0.1, 0.15) is 5.78 Å². The van der Waals surface area contributed by atoms with E-state index in [4.69, 9.17) is 4.74 Å². The summed E-state index contributed by atoms with van der Waals surface area (Å²) in [5, 5.41) is 10.8.